The lowest BCUT2D eigenvalue weighted by Crippen LogP contribution is -2.49. The Bertz CT molecular complexity index is 358. The van der Waals surface area contributed by atoms with E-state index < -0.39 is 6.10 Å². The highest BCUT2D eigenvalue weighted by molar-refractivity contribution is 5.80. The predicted octanol–water partition coefficient (Wildman–Crippen LogP) is 0.903. The maximum absolute atomic E-state index is 12.2. The van der Waals surface area contributed by atoms with E-state index in [9.17, 15) is 14.7 Å². The predicted molar refractivity (Wildman–Crippen MR) is 81.9 cm³/mol. The van der Waals surface area contributed by atoms with Crippen molar-refractivity contribution in [2.24, 2.45) is 11.8 Å². The van der Waals surface area contributed by atoms with Crippen molar-refractivity contribution in [1.29, 1.82) is 0 Å². The van der Waals surface area contributed by atoms with E-state index in [1.807, 2.05) is 13.8 Å². The van der Waals surface area contributed by atoms with E-state index in [-0.39, 0.29) is 24.4 Å². The summed E-state index contributed by atoms with van der Waals surface area (Å²) in [4.78, 5) is 27.3. The third kappa shape index (κ3) is 5.91. The monoisotopic (exact) mass is 299 g/mol. The van der Waals surface area contributed by atoms with Crippen molar-refractivity contribution in [1.82, 2.24) is 15.1 Å². The van der Waals surface area contributed by atoms with Gasteiger partial charge in [0.25, 0.3) is 0 Å². The summed E-state index contributed by atoms with van der Waals surface area (Å²) in [6.45, 7) is 5.53. The number of aliphatic hydroxyl groups excluding tert-OH is 1. The number of amides is 3. The van der Waals surface area contributed by atoms with Gasteiger partial charge in [-0.2, -0.15) is 0 Å². The van der Waals surface area contributed by atoms with Crippen LogP contribution in [0.3, 0.4) is 0 Å². The Morgan fingerprint density at radius 2 is 2.05 bits per heavy atom. The van der Waals surface area contributed by atoms with Gasteiger partial charge in [0.15, 0.2) is 0 Å². The Kier molecular flexibility index (Phi) is 6.95. The fraction of sp³-hybridized carbons (Fsp3) is 0.867. The summed E-state index contributed by atoms with van der Waals surface area (Å²) in [5.41, 5.74) is 0. The number of hydrogen-bond acceptors (Lipinski definition) is 3. The molecule has 0 aromatic carbocycles. The average Bonchev–Trinajstić information content (AvgIpc) is 2.43. The zero-order valence-corrected chi connectivity index (χ0v) is 13.6. The first-order valence-electron chi connectivity index (χ1n) is 7.73. The molecule has 2 atom stereocenters. The number of hydrogen-bond donors (Lipinski definition) is 2. The molecule has 6 nitrogen and oxygen atoms in total. The van der Waals surface area contributed by atoms with E-state index in [0.717, 1.165) is 12.8 Å². The van der Waals surface area contributed by atoms with Gasteiger partial charge in [-0.25, -0.2) is 4.79 Å². The first kappa shape index (κ1) is 17.8. The summed E-state index contributed by atoms with van der Waals surface area (Å²) < 4.78 is 0. The largest absolute Gasteiger partial charge is 0.391 e. The molecule has 0 radical (unpaired) electrons. The summed E-state index contributed by atoms with van der Waals surface area (Å²) in [6.07, 6.45) is 1.81. The van der Waals surface area contributed by atoms with Crippen LogP contribution < -0.4 is 5.32 Å². The molecule has 3 amide bonds. The molecule has 122 valence electrons. The van der Waals surface area contributed by atoms with Crippen molar-refractivity contribution >= 4 is 11.9 Å². The van der Waals surface area contributed by atoms with Gasteiger partial charge in [-0.05, 0) is 25.2 Å². The molecule has 0 aromatic rings. The Morgan fingerprint density at radius 3 is 2.62 bits per heavy atom. The van der Waals surface area contributed by atoms with Gasteiger partial charge < -0.3 is 20.2 Å². The summed E-state index contributed by atoms with van der Waals surface area (Å²) >= 11 is 0. The molecule has 1 aliphatic heterocycles. The second kappa shape index (κ2) is 8.22. The zero-order valence-electron chi connectivity index (χ0n) is 13.6. The standard InChI is InChI=1S/C15H29N3O3/c1-11(2)8-13(19)9-16-14(20)12-6-5-7-18(10-12)15(21)17(3)4/h11-13,19H,5-10H2,1-4H3,(H,16,20). The molecule has 0 spiro atoms. The Balaban J connectivity index is 2.42. The molecule has 6 heteroatoms. The van der Waals surface area contributed by atoms with Crippen LogP contribution in [0.1, 0.15) is 33.1 Å². The first-order chi connectivity index (χ1) is 9.81. The molecule has 1 fully saturated rings. The highest BCUT2D eigenvalue weighted by atomic mass is 16.3. The number of aliphatic hydroxyl groups is 1. The molecule has 2 unspecified atom stereocenters. The van der Waals surface area contributed by atoms with E-state index in [2.05, 4.69) is 5.32 Å². The van der Waals surface area contributed by atoms with Crippen molar-refractivity contribution in [3.05, 3.63) is 0 Å². The highest BCUT2D eigenvalue weighted by Crippen LogP contribution is 2.17. The maximum Gasteiger partial charge on any atom is 0.319 e. The molecule has 1 rings (SSSR count). The van der Waals surface area contributed by atoms with Gasteiger partial charge in [0.1, 0.15) is 0 Å². The Labute approximate surface area is 127 Å². The van der Waals surface area contributed by atoms with Crippen molar-refractivity contribution in [3.8, 4) is 0 Å². The lowest BCUT2D eigenvalue weighted by molar-refractivity contribution is -0.126. The summed E-state index contributed by atoms with van der Waals surface area (Å²) in [7, 11) is 3.43. The van der Waals surface area contributed by atoms with E-state index >= 15 is 0 Å². The van der Waals surface area contributed by atoms with Gasteiger partial charge >= 0.3 is 6.03 Å². The quantitative estimate of drug-likeness (QED) is 0.792. The molecule has 1 aliphatic rings. The van der Waals surface area contributed by atoms with E-state index in [1.165, 1.54) is 4.90 Å². The Morgan fingerprint density at radius 1 is 1.38 bits per heavy atom. The molecular weight excluding hydrogens is 270 g/mol. The van der Waals surface area contributed by atoms with E-state index in [0.29, 0.717) is 25.4 Å². The van der Waals surface area contributed by atoms with Crippen molar-refractivity contribution in [2.45, 2.75) is 39.2 Å². The highest BCUT2D eigenvalue weighted by Gasteiger charge is 2.29. The van der Waals surface area contributed by atoms with Crippen LogP contribution in [0.15, 0.2) is 0 Å². The second-order valence-corrected chi connectivity index (χ2v) is 6.49. The lowest BCUT2D eigenvalue weighted by atomic mass is 9.97. The fourth-order valence-electron chi connectivity index (χ4n) is 2.64. The van der Waals surface area contributed by atoms with Crippen LogP contribution in [-0.2, 0) is 4.79 Å². The smallest absolute Gasteiger partial charge is 0.319 e. The molecule has 0 aromatic heterocycles. The molecular formula is C15H29N3O3. The number of nitrogens with zero attached hydrogens (tertiary/aromatic N) is 2. The van der Waals surface area contributed by atoms with E-state index in [4.69, 9.17) is 0 Å². The number of piperidine rings is 1. The van der Waals surface area contributed by atoms with Crippen LogP contribution in [0, 0.1) is 11.8 Å². The number of likely N-dealkylation sites (tertiary alicyclic amines) is 1. The van der Waals surface area contributed by atoms with Crippen LogP contribution in [0.25, 0.3) is 0 Å². The third-order valence-electron chi connectivity index (χ3n) is 3.70. The zero-order chi connectivity index (χ0) is 16.0. The van der Waals surface area contributed by atoms with Gasteiger partial charge in [-0.3, -0.25) is 4.79 Å². The lowest BCUT2D eigenvalue weighted by Gasteiger charge is -2.33. The molecule has 21 heavy (non-hydrogen) atoms. The molecule has 1 saturated heterocycles. The number of nitrogens with one attached hydrogen (secondary N) is 1. The minimum absolute atomic E-state index is 0.0488. The van der Waals surface area contributed by atoms with Crippen LogP contribution in [0.4, 0.5) is 4.79 Å². The summed E-state index contributed by atoms with van der Waals surface area (Å²) in [5.74, 6) is 0.169. The number of rotatable bonds is 5. The first-order valence-corrected chi connectivity index (χ1v) is 7.73. The number of carbonyl (C=O) groups is 2. The third-order valence-corrected chi connectivity index (χ3v) is 3.70. The van der Waals surface area contributed by atoms with Gasteiger partial charge in [-0.15, -0.1) is 0 Å². The van der Waals surface area contributed by atoms with Crippen LogP contribution in [0.2, 0.25) is 0 Å². The average molecular weight is 299 g/mol. The normalized spacial score (nSPS) is 20.3. The maximum atomic E-state index is 12.2. The molecule has 0 bridgehead atoms. The minimum Gasteiger partial charge on any atom is -0.391 e. The van der Waals surface area contributed by atoms with Crippen LogP contribution >= 0.6 is 0 Å². The molecule has 0 saturated carbocycles. The SMILES string of the molecule is CC(C)CC(O)CNC(=O)C1CCCN(C(=O)N(C)C)C1. The van der Waals surface area contributed by atoms with E-state index in [1.54, 1.807) is 19.0 Å². The van der Waals surface area contributed by atoms with Gasteiger partial charge in [0.05, 0.1) is 12.0 Å². The van der Waals surface area contributed by atoms with Gasteiger partial charge in [-0.1, -0.05) is 13.8 Å². The van der Waals surface area contributed by atoms with Gasteiger partial charge in [0.2, 0.25) is 5.91 Å². The van der Waals surface area contributed by atoms with Crippen molar-refractivity contribution in [3.63, 3.8) is 0 Å². The van der Waals surface area contributed by atoms with Crippen molar-refractivity contribution < 1.29 is 14.7 Å². The molecule has 1 heterocycles. The topological polar surface area (TPSA) is 72.9 Å². The van der Waals surface area contributed by atoms with Crippen molar-refractivity contribution in [2.75, 3.05) is 33.7 Å². The summed E-state index contributed by atoms with van der Waals surface area (Å²) in [6, 6.07) is -0.0488. The molecule has 2 N–H and O–H groups in total. The number of urea groups is 1. The van der Waals surface area contributed by atoms with Crippen LogP contribution in [0.5, 0.6) is 0 Å². The summed E-state index contributed by atoms with van der Waals surface area (Å²) in [5, 5.41) is 12.6. The van der Waals surface area contributed by atoms with Crippen LogP contribution in [-0.4, -0.2) is 66.7 Å². The Hall–Kier alpha value is -1.30. The molecule has 0 aliphatic carbocycles. The second-order valence-electron chi connectivity index (χ2n) is 6.49. The number of carbonyl (C=O) groups excluding carboxylic acids is 2. The minimum atomic E-state index is -0.503. The fourth-order valence-corrected chi connectivity index (χ4v) is 2.64. The van der Waals surface area contributed by atoms with Gasteiger partial charge in [0, 0.05) is 33.7 Å².